The van der Waals surface area contributed by atoms with Gasteiger partial charge < -0.3 is 9.84 Å². The second kappa shape index (κ2) is 4.83. The van der Waals surface area contributed by atoms with Crippen molar-refractivity contribution >= 4 is 0 Å². The van der Waals surface area contributed by atoms with Crippen LogP contribution in [0.25, 0.3) is 0 Å². The molecule has 1 saturated carbocycles. The van der Waals surface area contributed by atoms with E-state index in [0.717, 1.165) is 18.9 Å². The zero-order chi connectivity index (χ0) is 8.97. The van der Waals surface area contributed by atoms with Crippen molar-refractivity contribution < 1.29 is 9.84 Å². The fraction of sp³-hybridized carbons (Fsp3) is 1.00. The molecule has 0 bridgehead atoms. The molecule has 0 aromatic carbocycles. The average Bonchev–Trinajstić information content (AvgIpc) is 2.86. The lowest BCUT2D eigenvalue weighted by Crippen LogP contribution is -2.23. The first-order valence-corrected chi connectivity index (χ1v) is 4.99. The van der Waals surface area contributed by atoms with Crippen LogP contribution in [0, 0.1) is 11.8 Å². The van der Waals surface area contributed by atoms with Crippen molar-refractivity contribution in [2.75, 3.05) is 13.2 Å². The Balaban J connectivity index is 1.96. The molecule has 0 aromatic heterocycles. The molecular weight excluding hydrogens is 152 g/mol. The molecule has 1 rings (SSSR count). The second-order valence-electron chi connectivity index (χ2n) is 3.93. The molecule has 1 aliphatic carbocycles. The first-order chi connectivity index (χ1) is 5.74. The van der Waals surface area contributed by atoms with E-state index in [1.807, 2.05) is 0 Å². The van der Waals surface area contributed by atoms with Gasteiger partial charge in [-0.15, -0.1) is 0 Å². The predicted molar refractivity (Wildman–Crippen MR) is 49.0 cm³/mol. The van der Waals surface area contributed by atoms with Gasteiger partial charge in [-0.05, 0) is 24.7 Å². The van der Waals surface area contributed by atoms with Crippen molar-refractivity contribution in [3.05, 3.63) is 0 Å². The Bertz CT molecular complexity index is 121. The van der Waals surface area contributed by atoms with Crippen LogP contribution in [0.3, 0.4) is 0 Å². The molecule has 1 N–H and O–H groups in total. The van der Waals surface area contributed by atoms with E-state index in [1.54, 1.807) is 0 Å². The minimum atomic E-state index is -0.270. The summed E-state index contributed by atoms with van der Waals surface area (Å²) in [5.74, 6) is 1.17. The van der Waals surface area contributed by atoms with E-state index in [4.69, 9.17) is 4.74 Å². The summed E-state index contributed by atoms with van der Waals surface area (Å²) in [7, 11) is 0. The van der Waals surface area contributed by atoms with Gasteiger partial charge in [-0.3, -0.25) is 0 Å². The number of aliphatic hydroxyl groups is 1. The molecular formula is C10H20O2. The Hall–Kier alpha value is -0.0800. The van der Waals surface area contributed by atoms with E-state index < -0.39 is 0 Å². The highest BCUT2D eigenvalue weighted by atomic mass is 16.5. The smallest absolute Gasteiger partial charge is 0.0799 e. The molecule has 0 radical (unpaired) electrons. The van der Waals surface area contributed by atoms with Crippen LogP contribution in [0.1, 0.15) is 33.1 Å². The van der Waals surface area contributed by atoms with Crippen LogP contribution in [0.4, 0.5) is 0 Å². The molecule has 0 spiro atoms. The number of hydrogen-bond acceptors (Lipinski definition) is 2. The van der Waals surface area contributed by atoms with Crippen molar-refractivity contribution in [3.8, 4) is 0 Å². The summed E-state index contributed by atoms with van der Waals surface area (Å²) in [4.78, 5) is 0. The third-order valence-electron chi connectivity index (χ3n) is 2.64. The van der Waals surface area contributed by atoms with Gasteiger partial charge in [-0.1, -0.05) is 20.3 Å². The highest BCUT2D eigenvalue weighted by Gasteiger charge is 2.22. The van der Waals surface area contributed by atoms with Crippen molar-refractivity contribution in [3.63, 3.8) is 0 Å². The van der Waals surface area contributed by atoms with E-state index in [1.165, 1.54) is 12.8 Å². The van der Waals surface area contributed by atoms with Crippen LogP contribution in [0.2, 0.25) is 0 Å². The fourth-order valence-electron chi connectivity index (χ4n) is 1.08. The Morgan fingerprint density at radius 3 is 2.67 bits per heavy atom. The molecule has 12 heavy (non-hydrogen) atoms. The molecule has 2 unspecified atom stereocenters. The van der Waals surface area contributed by atoms with E-state index in [2.05, 4.69) is 13.8 Å². The third-order valence-corrected chi connectivity index (χ3v) is 2.64. The standard InChI is InChI=1S/C10H20O2/c1-3-8(2)10(11)7-12-6-9-4-5-9/h8-11H,3-7H2,1-2H3. The Morgan fingerprint density at radius 1 is 1.50 bits per heavy atom. The van der Waals surface area contributed by atoms with E-state index in [0.29, 0.717) is 12.5 Å². The van der Waals surface area contributed by atoms with Gasteiger partial charge in [-0.25, -0.2) is 0 Å². The first kappa shape index (κ1) is 10.0. The number of ether oxygens (including phenoxy) is 1. The quantitative estimate of drug-likeness (QED) is 0.662. The summed E-state index contributed by atoms with van der Waals surface area (Å²) in [6.45, 7) is 5.53. The summed E-state index contributed by atoms with van der Waals surface area (Å²) in [6.07, 6.45) is 3.39. The molecule has 72 valence electrons. The Labute approximate surface area is 74.9 Å². The normalized spacial score (nSPS) is 22.2. The minimum Gasteiger partial charge on any atom is -0.390 e. The highest BCUT2D eigenvalue weighted by Crippen LogP contribution is 2.28. The van der Waals surface area contributed by atoms with Gasteiger partial charge >= 0.3 is 0 Å². The van der Waals surface area contributed by atoms with Crippen molar-refractivity contribution in [2.45, 2.75) is 39.2 Å². The van der Waals surface area contributed by atoms with Crippen LogP contribution in [-0.4, -0.2) is 24.4 Å². The minimum absolute atomic E-state index is 0.270. The molecule has 0 aromatic rings. The summed E-state index contributed by atoms with van der Waals surface area (Å²) >= 11 is 0. The monoisotopic (exact) mass is 172 g/mol. The van der Waals surface area contributed by atoms with Crippen LogP contribution in [0.5, 0.6) is 0 Å². The van der Waals surface area contributed by atoms with Gasteiger partial charge in [0.1, 0.15) is 0 Å². The van der Waals surface area contributed by atoms with E-state index in [-0.39, 0.29) is 6.10 Å². The predicted octanol–water partition coefficient (Wildman–Crippen LogP) is 1.82. The van der Waals surface area contributed by atoms with Crippen LogP contribution < -0.4 is 0 Å². The molecule has 2 nitrogen and oxygen atoms in total. The SMILES string of the molecule is CCC(C)C(O)COCC1CC1. The Kier molecular flexibility index (Phi) is 4.02. The zero-order valence-electron chi connectivity index (χ0n) is 8.12. The van der Waals surface area contributed by atoms with Crippen LogP contribution in [0.15, 0.2) is 0 Å². The molecule has 2 atom stereocenters. The van der Waals surface area contributed by atoms with Crippen LogP contribution >= 0.6 is 0 Å². The van der Waals surface area contributed by atoms with Crippen LogP contribution in [-0.2, 0) is 4.74 Å². The molecule has 2 heteroatoms. The summed E-state index contributed by atoms with van der Waals surface area (Å²) in [5, 5.41) is 9.53. The first-order valence-electron chi connectivity index (χ1n) is 4.99. The molecule has 0 heterocycles. The van der Waals surface area contributed by atoms with Gasteiger partial charge in [-0.2, -0.15) is 0 Å². The van der Waals surface area contributed by atoms with E-state index >= 15 is 0 Å². The van der Waals surface area contributed by atoms with E-state index in [9.17, 15) is 5.11 Å². The van der Waals surface area contributed by atoms with Gasteiger partial charge in [0, 0.05) is 6.61 Å². The summed E-state index contributed by atoms with van der Waals surface area (Å²) < 4.78 is 5.39. The molecule has 1 fully saturated rings. The van der Waals surface area contributed by atoms with Gasteiger partial charge in [0.2, 0.25) is 0 Å². The topological polar surface area (TPSA) is 29.5 Å². The third kappa shape index (κ3) is 3.55. The molecule has 1 aliphatic rings. The van der Waals surface area contributed by atoms with Crippen molar-refractivity contribution in [1.82, 2.24) is 0 Å². The largest absolute Gasteiger partial charge is 0.390 e. The fourth-order valence-corrected chi connectivity index (χ4v) is 1.08. The Morgan fingerprint density at radius 2 is 2.17 bits per heavy atom. The van der Waals surface area contributed by atoms with Gasteiger partial charge in [0.25, 0.3) is 0 Å². The highest BCUT2D eigenvalue weighted by molar-refractivity contribution is 4.72. The number of hydrogen-bond donors (Lipinski definition) is 1. The maximum atomic E-state index is 9.53. The average molecular weight is 172 g/mol. The molecule has 0 aliphatic heterocycles. The summed E-state index contributed by atoms with van der Waals surface area (Å²) in [6, 6.07) is 0. The van der Waals surface area contributed by atoms with Gasteiger partial charge in [0.15, 0.2) is 0 Å². The van der Waals surface area contributed by atoms with Gasteiger partial charge in [0.05, 0.1) is 12.7 Å². The lowest BCUT2D eigenvalue weighted by atomic mass is 10.0. The second-order valence-corrected chi connectivity index (χ2v) is 3.93. The van der Waals surface area contributed by atoms with Crippen molar-refractivity contribution in [2.24, 2.45) is 11.8 Å². The zero-order valence-corrected chi connectivity index (χ0v) is 8.12. The number of rotatable bonds is 6. The van der Waals surface area contributed by atoms with Crippen molar-refractivity contribution in [1.29, 1.82) is 0 Å². The maximum Gasteiger partial charge on any atom is 0.0799 e. The summed E-state index contributed by atoms with van der Waals surface area (Å²) in [5.41, 5.74) is 0. The lowest BCUT2D eigenvalue weighted by Gasteiger charge is -2.16. The number of aliphatic hydroxyl groups excluding tert-OH is 1. The maximum absolute atomic E-state index is 9.53. The molecule has 0 amide bonds. The lowest BCUT2D eigenvalue weighted by molar-refractivity contribution is 0.00471. The molecule has 0 saturated heterocycles.